The third-order valence-corrected chi connectivity index (χ3v) is 6.25. The van der Waals surface area contributed by atoms with Crippen LogP contribution in [0.5, 0.6) is 0 Å². The number of H-pyrrole nitrogens is 1. The maximum absolute atomic E-state index is 12.7. The van der Waals surface area contributed by atoms with Crippen molar-refractivity contribution in [2.75, 3.05) is 6.54 Å². The molecule has 0 atom stereocenters. The normalized spacial score (nSPS) is 13.7. The molecule has 30 heavy (non-hydrogen) atoms. The Bertz CT molecular complexity index is 1300. The van der Waals surface area contributed by atoms with Crippen molar-refractivity contribution in [3.8, 4) is 22.5 Å². The number of fused-ring (bicyclic) bond motifs is 1. The maximum Gasteiger partial charge on any atom is 0.255 e. The van der Waals surface area contributed by atoms with Gasteiger partial charge in [-0.05, 0) is 41.8 Å². The molecule has 0 saturated carbocycles. The van der Waals surface area contributed by atoms with Crippen LogP contribution in [0.2, 0.25) is 0 Å². The van der Waals surface area contributed by atoms with E-state index >= 15 is 0 Å². The molecule has 0 aliphatic carbocycles. The zero-order chi connectivity index (χ0) is 20.5. The SMILES string of the molecule is N#Cc1cccc(-n2cccc2CN2CCc3nc(-c4cccs4)[nH]c(=O)c3C2)c1. The van der Waals surface area contributed by atoms with Crippen LogP contribution >= 0.6 is 11.3 Å². The van der Waals surface area contributed by atoms with Crippen LogP contribution in [-0.4, -0.2) is 26.0 Å². The lowest BCUT2D eigenvalue weighted by atomic mass is 10.1. The summed E-state index contributed by atoms with van der Waals surface area (Å²) < 4.78 is 2.10. The molecule has 148 valence electrons. The Balaban J connectivity index is 1.39. The number of nitrogens with zero attached hydrogens (tertiary/aromatic N) is 4. The molecule has 0 fully saturated rings. The van der Waals surface area contributed by atoms with Crippen LogP contribution in [0.4, 0.5) is 0 Å². The monoisotopic (exact) mass is 413 g/mol. The average molecular weight is 414 g/mol. The molecular weight excluding hydrogens is 394 g/mol. The summed E-state index contributed by atoms with van der Waals surface area (Å²) in [6.45, 7) is 2.14. The van der Waals surface area contributed by atoms with Crippen LogP contribution in [0.15, 0.2) is 64.9 Å². The first kappa shape index (κ1) is 18.6. The minimum absolute atomic E-state index is 0.0507. The van der Waals surface area contributed by atoms with Crippen molar-refractivity contribution >= 4 is 11.3 Å². The highest BCUT2D eigenvalue weighted by Gasteiger charge is 2.22. The van der Waals surface area contributed by atoms with Crippen LogP contribution in [0.25, 0.3) is 16.4 Å². The van der Waals surface area contributed by atoms with E-state index in [0.717, 1.165) is 47.0 Å². The fourth-order valence-corrected chi connectivity index (χ4v) is 4.57. The molecule has 6 nitrogen and oxygen atoms in total. The fraction of sp³-hybridized carbons (Fsp3) is 0.174. The Morgan fingerprint density at radius 1 is 1.20 bits per heavy atom. The highest BCUT2D eigenvalue weighted by Crippen LogP contribution is 2.23. The summed E-state index contributed by atoms with van der Waals surface area (Å²) in [6, 6.07) is 17.8. The van der Waals surface area contributed by atoms with E-state index in [9.17, 15) is 10.1 Å². The van der Waals surface area contributed by atoms with Gasteiger partial charge in [0.25, 0.3) is 5.56 Å². The molecule has 0 unspecified atom stereocenters. The zero-order valence-corrected chi connectivity index (χ0v) is 17.0. The van der Waals surface area contributed by atoms with Crippen LogP contribution in [-0.2, 0) is 19.5 Å². The molecule has 1 aromatic carbocycles. The predicted octanol–water partition coefficient (Wildman–Crippen LogP) is 3.72. The van der Waals surface area contributed by atoms with Gasteiger partial charge in [-0.1, -0.05) is 12.1 Å². The molecule has 0 spiro atoms. The Morgan fingerprint density at radius 3 is 2.97 bits per heavy atom. The quantitative estimate of drug-likeness (QED) is 0.553. The summed E-state index contributed by atoms with van der Waals surface area (Å²) in [5.74, 6) is 0.661. The first-order chi connectivity index (χ1) is 14.7. The minimum atomic E-state index is -0.0507. The van der Waals surface area contributed by atoms with Crippen LogP contribution in [0, 0.1) is 11.3 Å². The summed E-state index contributed by atoms with van der Waals surface area (Å²) in [5.41, 5.74) is 4.32. The standard InChI is InChI=1S/C23H19N5OS/c24-13-16-4-1-5-17(12-16)28-9-2-6-18(28)14-27-10-8-20-19(15-27)23(29)26-22(25-20)21-7-3-11-30-21/h1-7,9,11-12H,8,10,14-15H2,(H,25,26,29). The lowest BCUT2D eigenvalue weighted by Gasteiger charge is -2.28. The summed E-state index contributed by atoms with van der Waals surface area (Å²) >= 11 is 1.57. The second-order valence-electron chi connectivity index (χ2n) is 7.31. The van der Waals surface area contributed by atoms with E-state index in [2.05, 4.69) is 26.6 Å². The number of thiophene rings is 1. The van der Waals surface area contributed by atoms with Crippen molar-refractivity contribution in [2.45, 2.75) is 19.5 Å². The van der Waals surface area contributed by atoms with E-state index in [1.165, 1.54) is 0 Å². The minimum Gasteiger partial charge on any atom is -0.320 e. The Labute approximate surface area is 177 Å². The number of aromatic amines is 1. The molecule has 3 aromatic heterocycles. The van der Waals surface area contributed by atoms with Gasteiger partial charge in [-0.25, -0.2) is 4.98 Å². The third kappa shape index (κ3) is 3.47. The average Bonchev–Trinajstić information content (AvgIpc) is 3.46. The first-order valence-corrected chi connectivity index (χ1v) is 10.6. The molecule has 1 aliphatic rings. The van der Waals surface area contributed by atoms with Crippen LogP contribution in [0.3, 0.4) is 0 Å². The maximum atomic E-state index is 12.7. The molecule has 7 heteroatoms. The van der Waals surface area contributed by atoms with Gasteiger partial charge in [0.15, 0.2) is 5.82 Å². The van der Waals surface area contributed by atoms with Gasteiger partial charge in [0, 0.05) is 43.6 Å². The van der Waals surface area contributed by atoms with Crippen molar-refractivity contribution in [3.05, 3.63) is 93.0 Å². The molecule has 1 N–H and O–H groups in total. The smallest absolute Gasteiger partial charge is 0.255 e. The van der Waals surface area contributed by atoms with Gasteiger partial charge in [-0.3, -0.25) is 9.69 Å². The third-order valence-electron chi connectivity index (χ3n) is 5.37. The van der Waals surface area contributed by atoms with Gasteiger partial charge in [0.05, 0.1) is 27.8 Å². The number of nitriles is 1. The number of aromatic nitrogens is 3. The predicted molar refractivity (Wildman–Crippen MR) is 116 cm³/mol. The zero-order valence-electron chi connectivity index (χ0n) is 16.2. The van der Waals surface area contributed by atoms with Crippen molar-refractivity contribution in [1.29, 1.82) is 5.26 Å². The second kappa shape index (κ2) is 7.75. The van der Waals surface area contributed by atoms with Gasteiger partial charge < -0.3 is 9.55 Å². The highest BCUT2D eigenvalue weighted by atomic mass is 32.1. The van der Waals surface area contributed by atoms with Crippen molar-refractivity contribution in [2.24, 2.45) is 0 Å². The Hall–Kier alpha value is -3.47. The molecule has 4 aromatic rings. The second-order valence-corrected chi connectivity index (χ2v) is 8.26. The van der Waals surface area contributed by atoms with Gasteiger partial charge in [0.2, 0.25) is 0 Å². The number of hydrogen-bond donors (Lipinski definition) is 1. The largest absolute Gasteiger partial charge is 0.320 e. The van der Waals surface area contributed by atoms with E-state index < -0.39 is 0 Å². The molecule has 0 radical (unpaired) electrons. The Kier molecular flexibility index (Phi) is 4.79. The van der Waals surface area contributed by atoms with Crippen LogP contribution in [0.1, 0.15) is 22.5 Å². The fourth-order valence-electron chi connectivity index (χ4n) is 3.90. The van der Waals surface area contributed by atoms with Gasteiger partial charge in [-0.15, -0.1) is 11.3 Å². The summed E-state index contributed by atoms with van der Waals surface area (Å²) in [6.07, 6.45) is 2.76. The molecule has 4 heterocycles. The van der Waals surface area contributed by atoms with E-state index in [4.69, 9.17) is 4.98 Å². The molecule has 0 saturated heterocycles. The van der Waals surface area contributed by atoms with Crippen molar-refractivity contribution in [1.82, 2.24) is 19.4 Å². The molecule has 5 rings (SSSR count). The van der Waals surface area contributed by atoms with Gasteiger partial charge in [0.1, 0.15) is 0 Å². The van der Waals surface area contributed by atoms with Crippen molar-refractivity contribution < 1.29 is 0 Å². The summed E-state index contributed by atoms with van der Waals surface area (Å²) in [7, 11) is 0. The number of hydrogen-bond acceptors (Lipinski definition) is 5. The van der Waals surface area contributed by atoms with E-state index in [1.54, 1.807) is 17.4 Å². The first-order valence-electron chi connectivity index (χ1n) is 9.76. The lowest BCUT2D eigenvalue weighted by molar-refractivity contribution is 0.238. The number of nitrogens with one attached hydrogen (secondary N) is 1. The number of benzene rings is 1. The Morgan fingerprint density at radius 2 is 2.13 bits per heavy atom. The van der Waals surface area contributed by atoms with Crippen molar-refractivity contribution in [3.63, 3.8) is 0 Å². The summed E-state index contributed by atoms with van der Waals surface area (Å²) in [5, 5.41) is 11.2. The summed E-state index contributed by atoms with van der Waals surface area (Å²) in [4.78, 5) is 23.7. The van der Waals surface area contributed by atoms with E-state index in [-0.39, 0.29) is 5.56 Å². The van der Waals surface area contributed by atoms with E-state index in [1.807, 2.05) is 48.0 Å². The molecular formula is C23H19N5OS. The topological polar surface area (TPSA) is 77.7 Å². The molecule has 1 aliphatic heterocycles. The van der Waals surface area contributed by atoms with Gasteiger partial charge >= 0.3 is 0 Å². The molecule has 0 amide bonds. The molecule has 0 bridgehead atoms. The van der Waals surface area contributed by atoms with Crippen LogP contribution < -0.4 is 5.56 Å². The lowest BCUT2D eigenvalue weighted by Crippen LogP contribution is -2.35. The number of rotatable bonds is 4. The highest BCUT2D eigenvalue weighted by molar-refractivity contribution is 7.13. The van der Waals surface area contributed by atoms with E-state index in [0.29, 0.717) is 17.9 Å². The van der Waals surface area contributed by atoms with Gasteiger partial charge in [-0.2, -0.15) is 5.26 Å².